The lowest BCUT2D eigenvalue weighted by Gasteiger charge is -2.13. The van der Waals surface area contributed by atoms with E-state index in [-0.39, 0.29) is 22.7 Å². The van der Waals surface area contributed by atoms with Crippen LogP contribution in [0, 0.1) is 0 Å². The Morgan fingerprint density at radius 2 is 1.59 bits per heavy atom. The Labute approximate surface area is 166 Å². The highest BCUT2D eigenvalue weighted by atomic mass is 32.2. The first kappa shape index (κ1) is 20.6. The summed E-state index contributed by atoms with van der Waals surface area (Å²) in [7, 11) is -8.01. The molecule has 0 fully saturated rings. The largest absolute Gasteiger partial charge is 0.505 e. The molecule has 0 aliphatic rings. The van der Waals surface area contributed by atoms with Gasteiger partial charge < -0.3 is 10.4 Å². The third-order valence-electron chi connectivity index (χ3n) is 3.97. The fourth-order valence-corrected chi connectivity index (χ4v) is 3.83. The normalized spacial score (nSPS) is 11.9. The lowest BCUT2D eigenvalue weighted by molar-refractivity contribution is 0.102. The van der Waals surface area contributed by atoms with E-state index in [9.17, 15) is 26.7 Å². The Hall–Kier alpha value is -3.15. The minimum absolute atomic E-state index is 0.0382. The number of nitrogens with one attached hydrogen (secondary N) is 2. The van der Waals surface area contributed by atoms with Crippen LogP contribution in [0.3, 0.4) is 0 Å². The van der Waals surface area contributed by atoms with Crippen molar-refractivity contribution in [2.24, 2.45) is 0 Å². The lowest BCUT2D eigenvalue weighted by Crippen LogP contribution is -2.13. The van der Waals surface area contributed by atoms with Gasteiger partial charge >= 0.3 is 0 Å². The number of phenols is 1. The Bertz CT molecular complexity index is 1330. The van der Waals surface area contributed by atoms with Gasteiger partial charge in [0.2, 0.25) is 10.0 Å². The quantitative estimate of drug-likeness (QED) is 0.354. The Morgan fingerprint density at radius 3 is 2.24 bits per heavy atom. The van der Waals surface area contributed by atoms with Crippen molar-refractivity contribution in [3.63, 3.8) is 0 Å². The Morgan fingerprint density at radius 1 is 0.897 bits per heavy atom. The van der Waals surface area contributed by atoms with Crippen LogP contribution in [0.2, 0.25) is 0 Å². The minimum atomic E-state index is -4.47. The van der Waals surface area contributed by atoms with Crippen LogP contribution < -0.4 is 10.0 Å². The van der Waals surface area contributed by atoms with Crippen LogP contribution in [0.5, 0.6) is 5.75 Å². The summed E-state index contributed by atoms with van der Waals surface area (Å²) >= 11 is 0. The van der Waals surface area contributed by atoms with Crippen molar-refractivity contribution in [2.45, 2.75) is 4.90 Å². The van der Waals surface area contributed by atoms with Gasteiger partial charge in [0.05, 0.1) is 22.5 Å². The van der Waals surface area contributed by atoms with Gasteiger partial charge in [0.25, 0.3) is 16.0 Å². The second-order valence-corrected chi connectivity index (χ2v) is 9.36. The number of amides is 1. The minimum Gasteiger partial charge on any atom is -0.505 e. The van der Waals surface area contributed by atoms with E-state index < -0.39 is 30.9 Å². The molecule has 0 spiro atoms. The standard InChI is InChI=1S/C18H16N2O7S2/c1-28(23,24)20-15-7-3-6-14-13(15)8-9-16(17(14)21)19-18(22)11-4-2-5-12(10-11)29(25,26)27/h2-10,20-21H,1H3,(H,19,22)(H,25,26,27). The first-order valence-electron chi connectivity index (χ1n) is 8.07. The van der Waals surface area contributed by atoms with Gasteiger partial charge in [-0.2, -0.15) is 8.42 Å². The van der Waals surface area contributed by atoms with Gasteiger partial charge in [-0.15, -0.1) is 0 Å². The van der Waals surface area contributed by atoms with Crippen molar-refractivity contribution in [3.05, 3.63) is 60.2 Å². The number of carbonyl (C=O) groups is 1. The smallest absolute Gasteiger partial charge is 0.294 e. The zero-order valence-corrected chi connectivity index (χ0v) is 16.6. The van der Waals surface area contributed by atoms with E-state index >= 15 is 0 Å². The van der Waals surface area contributed by atoms with Crippen molar-refractivity contribution < 1.29 is 31.3 Å². The van der Waals surface area contributed by atoms with E-state index in [1.165, 1.54) is 36.4 Å². The number of sulfonamides is 1. The number of phenolic OH excluding ortho intramolecular Hbond substituents is 1. The molecule has 0 aromatic heterocycles. The molecule has 0 saturated carbocycles. The number of benzene rings is 3. The topological polar surface area (TPSA) is 150 Å². The average molecular weight is 436 g/mol. The summed E-state index contributed by atoms with van der Waals surface area (Å²) in [6, 6.07) is 12.3. The van der Waals surface area contributed by atoms with Crippen LogP contribution in [0.15, 0.2) is 59.5 Å². The maximum atomic E-state index is 12.4. The summed E-state index contributed by atoms with van der Waals surface area (Å²) < 4.78 is 56.9. The first-order valence-corrected chi connectivity index (χ1v) is 11.4. The molecule has 3 aromatic carbocycles. The SMILES string of the molecule is CS(=O)(=O)Nc1cccc2c(O)c(NC(=O)c3cccc(S(=O)(=O)O)c3)ccc12. The monoisotopic (exact) mass is 436 g/mol. The molecule has 29 heavy (non-hydrogen) atoms. The van der Waals surface area contributed by atoms with Crippen molar-refractivity contribution >= 4 is 48.2 Å². The summed E-state index contributed by atoms with van der Waals surface area (Å²) in [4.78, 5) is 12.0. The molecule has 3 aromatic rings. The summed E-state index contributed by atoms with van der Waals surface area (Å²) in [6.07, 6.45) is 1.00. The summed E-state index contributed by atoms with van der Waals surface area (Å²) in [5, 5.41) is 13.7. The number of hydrogen-bond donors (Lipinski definition) is 4. The number of anilines is 2. The number of fused-ring (bicyclic) bond motifs is 1. The Kier molecular flexibility index (Phi) is 5.22. The first-order chi connectivity index (χ1) is 13.5. The molecule has 0 saturated heterocycles. The summed E-state index contributed by atoms with van der Waals surface area (Å²) in [5.74, 6) is -1.01. The van der Waals surface area contributed by atoms with E-state index in [4.69, 9.17) is 4.55 Å². The molecular formula is C18H16N2O7S2. The van der Waals surface area contributed by atoms with E-state index in [0.29, 0.717) is 10.8 Å². The molecule has 9 nitrogen and oxygen atoms in total. The van der Waals surface area contributed by atoms with Crippen LogP contribution in [-0.2, 0) is 20.1 Å². The molecule has 0 heterocycles. The highest BCUT2D eigenvalue weighted by Crippen LogP contribution is 2.36. The summed E-state index contributed by atoms with van der Waals surface area (Å²) in [5.41, 5.74) is 0.252. The van der Waals surface area contributed by atoms with Crippen molar-refractivity contribution in [1.29, 1.82) is 0 Å². The van der Waals surface area contributed by atoms with E-state index in [1.54, 1.807) is 6.07 Å². The third kappa shape index (κ3) is 4.65. The molecule has 0 radical (unpaired) electrons. The molecule has 1 amide bonds. The van der Waals surface area contributed by atoms with Gasteiger partial charge in [0.15, 0.2) is 0 Å². The average Bonchev–Trinajstić information content (AvgIpc) is 2.62. The van der Waals surface area contributed by atoms with Gasteiger partial charge in [-0.05, 0) is 36.4 Å². The predicted octanol–water partition coefficient (Wildman–Crippen LogP) is 2.42. The summed E-state index contributed by atoms with van der Waals surface area (Å²) in [6.45, 7) is 0. The maximum Gasteiger partial charge on any atom is 0.294 e. The molecule has 11 heteroatoms. The molecular weight excluding hydrogens is 420 g/mol. The Balaban J connectivity index is 1.97. The van der Waals surface area contributed by atoms with Crippen LogP contribution in [0.25, 0.3) is 10.8 Å². The second-order valence-electron chi connectivity index (χ2n) is 6.19. The van der Waals surface area contributed by atoms with Crippen LogP contribution >= 0.6 is 0 Å². The van der Waals surface area contributed by atoms with E-state index in [1.807, 2.05) is 0 Å². The fourth-order valence-electron chi connectivity index (χ4n) is 2.72. The van der Waals surface area contributed by atoms with Gasteiger partial charge in [-0.3, -0.25) is 14.1 Å². The van der Waals surface area contributed by atoms with Gasteiger partial charge in [0.1, 0.15) is 5.75 Å². The van der Waals surface area contributed by atoms with Crippen molar-refractivity contribution in [1.82, 2.24) is 0 Å². The molecule has 4 N–H and O–H groups in total. The van der Waals surface area contributed by atoms with Crippen LogP contribution in [0.1, 0.15) is 10.4 Å². The second kappa shape index (κ2) is 7.35. The zero-order valence-electron chi connectivity index (χ0n) is 14.9. The molecule has 0 bridgehead atoms. The molecule has 152 valence electrons. The van der Waals surface area contributed by atoms with Crippen LogP contribution in [-0.4, -0.2) is 38.7 Å². The van der Waals surface area contributed by atoms with Crippen LogP contribution in [0.4, 0.5) is 11.4 Å². The molecule has 3 rings (SSSR count). The van der Waals surface area contributed by atoms with Gasteiger partial charge in [-0.1, -0.05) is 18.2 Å². The molecule has 0 aliphatic heterocycles. The van der Waals surface area contributed by atoms with Crippen molar-refractivity contribution in [3.8, 4) is 5.75 Å². The lowest BCUT2D eigenvalue weighted by atomic mass is 10.1. The highest BCUT2D eigenvalue weighted by molar-refractivity contribution is 7.92. The molecule has 0 unspecified atom stereocenters. The third-order valence-corrected chi connectivity index (χ3v) is 5.41. The van der Waals surface area contributed by atoms with Gasteiger partial charge in [0, 0.05) is 16.3 Å². The van der Waals surface area contributed by atoms with E-state index in [2.05, 4.69) is 10.0 Å². The van der Waals surface area contributed by atoms with E-state index in [0.717, 1.165) is 18.4 Å². The number of rotatable bonds is 5. The van der Waals surface area contributed by atoms with Crippen molar-refractivity contribution in [2.75, 3.05) is 16.3 Å². The number of hydrogen-bond acceptors (Lipinski definition) is 6. The highest BCUT2D eigenvalue weighted by Gasteiger charge is 2.16. The number of carbonyl (C=O) groups excluding carboxylic acids is 1. The fraction of sp³-hybridized carbons (Fsp3) is 0.0556. The molecule has 0 aliphatic carbocycles. The zero-order chi connectivity index (χ0) is 21.4. The number of aromatic hydroxyl groups is 1. The van der Waals surface area contributed by atoms with Gasteiger partial charge in [-0.25, -0.2) is 8.42 Å². The maximum absolute atomic E-state index is 12.4. The predicted molar refractivity (Wildman–Crippen MR) is 108 cm³/mol. The molecule has 0 atom stereocenters.